The summed E-state index contributed by atoms with van der Waals surface area (Å²) in [5.41, 5.74) is 4.21. The second-order valence-electron chi connectivity index (χ2n) is 7.65. The van der Waals surface area contributed by atoms with Crippen molar-refractivity contribution in [2.24, 2.45) is 0 Å². The highest BCUT2D eigenvalue weighted by Gasteiger charge is 2.15. The number of aromatic nitrogens is 3. The van der Waals surface area contributed by atoms with Gasteiger partial charge in [-0.2, -0.15) is 0 Å². The largest absolute Gasteiger partial charge is 0.494 e. The molecule has 0 spiro atoms. The molecule has 5 rings (SSSR count). The number of ether oxygens (including phenoxy) is 1. The third-order valence-corrected chi connectivity index (χ3v) is 6.12. The van der Waals surface area contributed by atoms with E-state index in [9.17, 15) is 9.18 Å². The number of aryl methyl sites for hydroxylation is 1. The van der Waals surface area contributed by atoms with Gasteiger partial charge in [-0.15, -0.1) is 21.5 Å². The number of amides is 1. The van der Waals surface area contributed by atoms with E-state index in [4.69, 9.17) is 9.15 Å². The average Bonchev–Trinajstić information content (AvgIpc) is 3.55. The van der Waals surface area contributed by atoms with Crippen LogP contribution in [0.5, 0.6) is 5.75 Å². The molecule has 3 aromatic carbocycles. The van der Waals surface area contributed by atoms with Crippen LogP contribution in [0.4, 0.5) is 9.52 Å². The summed E-state index contributed by atoms with van der Waals surface area (Å²) in [7, 11) is 1.41. The van der Waals surface area contributed by atoms with Crippen LogP contribution in [0.1, 0.15) is 15.9 Å². The van der Waals surface area contributed by atoms with E-state index in [1.807, 2.05) is 31.2 Å². The number of benzene rings is 3. The van der Waals surface area contributed by atoms with E-state index in [1.54, 1.807) is 35.7 Å². The van der Waals surface area contributed by atoms with Gasteiger partial charge in [-0.3, -0.25) is 10.1 Å². The average molecular weight is 487 g/mol. The molecule has 0 unspecified atom stereocenters. The Labute approximate surface area is 204 Å². The van der Waals surface area contributed by atoms with Crippen molar-refractivity contribution in [1.29, 1.82) is 0 Å². The Kier molecular flexibility index (Phi) is 6.07. The van der Waals surface area contributed by atoms with Crippen molar-refractivity contribution in [2.45, 2.75) is 6.92 Å². The van der Waals surface area contributed by atoms with Crippen LogP contribution in [0, 0.1) is 12.7 Å². The number of nitrogens with one attached hydrogen (secondary N) is 1. The molecule has 0 aliphatic heterocycles. The highest BCUT2D eigenvalue weighted by atomic mass is 32.1. The number of hydrogen-bond acceptors (Lipinski definition) is 7. The lowest BCUT2D eigenvalue weighted by Gasteiger charge is -2.04. The zero-order valence-corrected chi connectivity index (χ0v) is 19.6. The Morgan fingerprint density at radius 1 is 1.00 bits per heavy atom. The van der Waals surface area contributed by atoms with Crippen LogP contribution in [0.25, 0.3) is 34.2 Å². The predicted molar refractivity (Wildman–Crippen MR) is 132 cm³/mol. The number of halogens is 1. The van der Waals surface area contributed by atoms with Crippen molar-refractivity contribution in [3.63, 3.8) is 0 Å². The molecule has 0 saturated carbocycles. The molecule has 0 aliphatic rings. The molecule has 0 fully saturated rings. The first kappa shape index (κ1) is 22.4. The first-order valence-electron chi connectivity index (χ1n) is 10.6. The topological polar surface area (TPSA) is 90.1 Å². The number of carbonyl (C=O) groups excluding carboxylic acids is 1. The molecule has 0 saturated heterocycles. The van der Waals surface area contributed by atoms with Gasteiger partial charge in [0.05, 0.1) is 12.8 Å². The van der Waals surface area contributed by atoms with Crippen LogP contribution in [0.3, 0.4) is 0 Å². The first-order chi connectivity index (χ1) is 17.0. The van der Waals surface area contributed by atoms with Gasteiger partial charge >= 0.3 is 0 Å². The van der Waals surface area contributed by atoms with Crippen molar-refractivity contribution in [3.05, 3.63) is 89.1 Å². The van der Waals surface area contributed by atoms with Crippen molar-refractivity contribution < 1.29 is 18.3 Å². The van der Waals surface area contributed by atoms with Gasteiger partial charge in [-0.25, -0.2) is 9.37 Å². The predicted octanol–water partition coefficient (Wildman–Crippen LogP) is 6.24. The Balaban J connectivity index is 1.28. The molecular weight excluding hydrogens is 467 g/mol. The maximum Gasteiger partial charge on any atom is 0.257 e. The van der Waals surface area contributed by atoms with Crippen LogP contribution in [0.15, 0.2) is 76.5 Å². The summed E-state index contributed by atoms with van der Waals surface area (Å²) in [4.78, 5) is 17.1. The monoisotopic (exact) mass is 486 g/mol. The molecule has 1 N–H and O–H groups in total. The van der Waals surface area contributed by atoms with Gasteiger partial charge in [0.1, 0.15) is 0 Å². The van der Waals surface area contributed by atoms with Crippen LogP contribution < -0.4 is 10.1 Å². The molecular formula is C26H19FN4O3S. The molecule has 2 aromatic heterocycles. The van der Waals surface area contributed by atoms with Crippen molar-refractivity contribution in [2.75, 3.05) is 12.4 Å². The summed E-state index contributed by atoms with van der Waals surface area (Å²) < 4.78 is 24.8. The van der Waals surface area contributed by atoms with Crippen LogP contribution in [-0.4, -0.2) is 28.2 Å². The first-order valence-corrected chi connectivity index (χ1v) is 11.5. The highest BCUT2D eigenvalue weighted by molar-refractivity contribution is 7.14. The third kappa shape index (κ3) is 4.67. The van der Waals surface area contributed by atoms with E-state index in [-0.39, 0.29) is 11.7 Å². The van der Waals surface area contributed by atoms with Crippen molar-refractivity contribution in [1.82, 2.24) is 15.2 Å². The van der Waals surface area contributed by atoms with E-state index >= 15 is 0 Å². The number of thiazole rings is 1. The lowest BCUT2D eigenvalue weighted by atomic mass is 10.1. The Morgan fingerprint density at radius 2 is 1.74 bits per heavy atom. The fourth-order valence-corrected chi connectivity index (χ4v) is 4.20. The normalized spacial score (nSPS) is 10.8. The molecule has 35 heavy (non-hydrogen) atoms. The van der Waals surface area contributed by atoms with Crippen LogP contribution in [-0.2, 0) is 0 Å². The summed E-state index contributed by atoms with van der Waals surface area (Å²) in [6, 6.07) is 19.2. The molecule has 1 amide bonds. The Hall–Kier alpha value is -4.37. The molecule has 0 aliphatic carbocycles. The number of methoxy groups -OCH3 is 1. The van der Waals surface area contributed by atoms with Crippen LogP contribution >= 0.6 is 11.3 Å². The second kappa shape index (κ2) is 9.47. The number of rotatable bonds is 6. The molecule has 5 aromatic rings. The number of nitrogens with zero attached hydrogens (tertiary/aromatic N) is 3. The Morgan fingerprint density at radius 3 is 2.49 bits per heavy atom. The zero-order chi connectivity index (χ0) is 24.4. The molecule has 9 heteroatoms. The minimum Gasteiger partial charge on any atom is -0.494 e. The summed E-state index contributed by atoms with van der Waals surface area (Å²) in [5, 5.41) is 13.2. The third-order valence-electron chi connectivity index (χ3n) is 5.37. The molecule has 0 radical (unpaired) electrons. The van der Waals surface area contributed by atoms with E-state index in [2.05, 4.69) is 20.5 Å². The zero-order valence-electron chi connectivity index (χ0n) is 18.8. The SMILES string of the molecule is COc1ccc(-c2csc(NC(=O)c3ccc(-c4nnc(-c5ccccc5C)o4)cc3)n2)cc1F. The van der Waals surface area contributed by atoms with Crippen molar-refractivity contribution >= 4 is 22.4 Å². The van der Waals surface area contributed by atoms with Gasteiger partial charge in [-0.05, 0) is 61.0 Å². The Bertz CT molecular complexity index is 1510. The lowest BCUT2D eigenvalue weighted by molar-refractivity contribution is 0.102. The van der Waals surface area contributed by atoms with E-state index in [1.165, 1.54) is 30.6 Å². The maximum absolute atomic E-state index is 14.0. The fourth-order valence-electron chi connectivity index (χ4n) is 3.48. The number of carbonyl (C=O) groups is 1. The van der Waals surface area contributed by atoms with Gasteiger partial charge in [0, 0.05) is 27.6 Å². The van der Waals surface area contributed by atoms with Crippen LogP contribution in [0.2, 0.25) is 0 Å². The summed E-state index contributed by atoms with van der Waals surface area (Å²) in [6.07, 6.45) is 0. The quantitative estimate of drug-likeness (QED) is 0.306. The minimum atomic E-state index is -0.476. The summed E-state index contributed by atoms with van der Waals surface area (Å²) in [6.45, 7) is 1.98. The second-order valence-corrected chi connectivity index (χ2v) is 8.50. The highest BCUT2D eigenvalue weighted by Crippen LogP contribution is 2.29. The molecule has 2 heterocycles. The van der Waals surface area contributed by atoms with Gasteiger partial charge in [0.2, 0.25) is 11.8 Å². The van der Waals surface area contributed by atoms with E-state index in [0.717, 1.165) is 11.1 Å². The molecule has 0 bridgehead atoms. The lowest BCUT2D eigenvalue weighted by Crippen LogP contribution is -2.11. The molecule has 7 nitrogen and oxygen atoms in total. The van der Waals surface area contributed by atoms with E-state index in [0.29, 0.717) is 39.3 Å². The minimum absolute atomic E-state index is 0.160. The standard InChI is InChI=1S/C26H19FN4O3S/c1-15-5-3-4-6-19(15)25-31-30-24(34-25)17-9-7-16(8-10-17)23(32)29-26-28-21(14-35-26)18-11-12-22(33-2)20(27)13-18/h3-14H,1-2H3,(H,28,29,32). The van der Waals surface area contributed by atoms with Gasteiger partial charge in [-0.1, -0.05) is 18.2 Å². The fraction of sp³-hybridized carbons (Fsp3) is 0.0769. The number of hydrogen-bond donors (Lipinski definition) is 1. The molecule has 174 valence electrons. The van der Waals surface area contributed by atoms with Gasteiger partial charge in [0.25, 0.3) is 5.91 Å². The maximum atomic E-state index is 14.0. The molecule has 0 atom stereocenters. The van der Waals surface area contributed by atoms with E-state index < -0.39 is 5.82 Å². The summed E-state index contributed by atoms with van der Waals surface area (Å²) in [5.74, 6) is 0.177. The van der Waals surface area contributed by atoms with Gasteiger partial charge in [0.15, 0.2) is 16.7 Å². The smallest absolute Gasteiger partial charge is 0.257 e. The van der Waals surface area contributed by atoms with Crippen molar-refractivity contribution in [3.8, 4) is 39.9 Å². The number of anilines is 1. The van der Waals surface area contributed by atoms with Gasteiger partial charge < -0.3 is 9.15 Å². The summed E-state index contributed by atoms with van der Waals surface area (Å²) >= 11 is 1.25.